The van der Waals surface area contributed by atoms with Gasteiger partial charge in [-0.25, -0.2) is 0 Å². The summed E-state index contributed by atoms with van der Waals surface area (Å²) >= 11 is 1.98. The standard InChI is InChI=1S/C14H19NO2S/c1-18-13-7-3-5-11(13)15-8-10-4-2-6-12-14(10)17-9-16-12/h2,4,6,11,13,15H,3,5,7-9H2,1H3. The van der Waals surface area contributed by atoms with Crippen molar-refractivity contribution in [3.05, 3.63) is 23.8 Å². The lowest BCUT2D eigenvalue weighted by Crippen LogP contribution is -2.33. The molecule has 1 aromatic rings. The van der Waals surface area contributed by atoms with E-state index in [1.165, 1.54) is 24.8 Å². The maximum Gasteiger partial charge on any atom is 0.231 e. The SMILES string of the molecule is CSC1CCCC1NCc1cccc2c1OCO2. The zero-order valence-electron chi connectivity index (χ0n) is 10.6. The van der Waals surface area contributed by atoms with E-state index in [0.29, 0.717) is 12.8 Å². The summed E-state index contributed by atoms with van der Waals surface area (Å²) in [4.78, 5) is 0. The van der Waals surface area contributed by atoms with Crippen molar-refractivity contribution < 1.29 is 9.47 Å². The van der Waals surface area contributed by atoms with E-state index in [-0.39, 0.29) is 0 Å². The second-order valence-electron chi connectivity index (χ2n) is 4.84. The molecule has 0 aromatic heterocycles. The molecule has 4 heteroatoms. The lowest BCUT2D eigenvalue weighted by atomic mass is 10.1. The monoisotopic (exact) mass is 265 g/mol. The molecule has 1 heterocycles. The molecule has 18 heavy (non-hydrogen) atoms. The number of thioether (sulfide) groups is 1. The minimum Gasteiger partial charge on any atom is -0.454 e. The van der Waals surface area contributed by atoms with Gasteiger partial charge in [0.25, 0.3) is 0 Å². The molecule has 2 aliphatic rings. The summed E-state index contributed by atoms with van der Waals surface area (Å²) < 4.78 is 10.9. The smallest absolute Gasteiger partial charge is 0.231 e. The van der Waals surface area contributed by atoms with Gasteiger partial charge >= 0.3 is 0 Å². The van der Waals surface area contributed by atoms with Crippen molar-refractivity contribution in [1.29, 1.82) is 0 Å². The highest BCUT2D eigenvalue weighted by Crippen LogP contribution is 2.35. The zero-order valence-corrected chi connectivity index (χ0v) is 11.5. The molecule has 98 valence electrons. The van der Waals surface area contributed by atoms with Crippen molar-refractivity contribution in [2.24, 2.45) is 0 Å². The molecule has 2 unspecified atom stereocenters. The quantitative estimate of drug-likeness (QED) is 0.907. The molecule has 1 aromatic carbocycles. The first-order chi connectivity index (χ1) is 8.88. The first-order valence-corrected chi connectivity index (χ1v) is 7.81. The van der Waals surface area contributed by atoms with Gasteiger partial charge in [-0.05, 0) is 25.2 Å². The molecule has 1 saturated carbocycles. The Morgan fingerprint density at radius 2 is 2.28 bits per heavy atom. The van der Waals surface area contributed by atoms with Crippen molar-refractivity contribution in [2.75, 3.05) is 13.0 Å². The van der Waals surface area contributed by atoms with Crippen LogP contribution in [0.4, 0.5) is 0 Å². The Kier molecular flexibility index (Phi) is 3.66. The number of nitrogens with one attached hydrogen (secondary N) is 1. The molecule has 1 fully saturated rings. The van der Waals surface area contributed by atoms with E-state index in [1.807, 2.05) is 23.9 Å². The maximum absolute atomic E-state index is 5.53. The second-order valence-corrected chi connectivity index (χ2v) is 5.92. The predicted octanol–water partition coefficient (Wildman–Crippen LogP) is 2.79. The molecular weight excluding hydrogens is 246 g/mol. The third kappa shape index (κ3) is 2.31. The number of rotatable bonds is 4. The van der Waals surface area contributed by atoms with E-state index < -0.39 is 0 Å². The largest absolute Gasteiger partial charge is 0.454 e. The van der Waals surface area contributed by atoms with E-state index in [4.69, 9.17) is 9.47 Å². The molecule has 1 N–H and O–H groups in total. The topological polar surface area (TPSA) is 30.5 Å². The lowest BCUT2D eigenvalue weighted by molar-refractivity contribution is 0.173. The fraction of sp³-hybridized carbons (Fsp3) is 0.571. The number of ether oxygens (including phenoxy) is 2. The molecule has 0 radical (unpaired) electrons. The molecule has 1 aliphatic heterocycles. The lowest BCUT2D eigenvalue weighted by Gasteiger charge is -2.19. The third-order valence-corrected chi connectivity index (χ3v) is 4.96. The van der Waals surface area contributed by atoms with Crippen LogP contribution in [0.2, 0.25) is 0 Å². The normalized spacial score (nSPS) is 25.6. The van der Waals surface area contributed by atoms with Crippen LogP contribution in [0.25, 0.3) is 0 Å². The van der Waals surface area contributed by atoms with Gasteiger partial charge in [0.2, 0.25) is 6.79 Å². The molecule has 0 saturated heterocycles. The molecule has 3 rings (SSSR count). The van der Waals surface area contributed by atoms with Crippen molar-refractivity contribution in [2.45, 2.75) is 37.1 Å². The summed E-state index contributed by atoms with van der Waals surface area (Å²) in [5, 5.41) is 4.44. The van der Waals surface area contributed by atoms with Gasteiger partial charge in [-0.3, -0.25) is 0 Å². The van der Waals surface area contributed by atoms with Crippen molar-refractivity contribution in [1.82, 2.24) is 5.32 Å². The Hall–Kier alpha value is -0.870. The van der Waals surface area contributed by atoms with Crippen LogP contribution in [-0.2, 0) is 6.54 Å². The van der Waals surface area contributed by atoms with Gasteiger partial charge in [0, 0.05) is 23.4 Å². The van der Waals surface area contributed by atoms with Crippen LogP contribution in [0.5, 0.6) is 11.5 Å². The molecule has 1 aliphatic carbocycles. The summed E-state index contributed by atoms with van der Waals surface area (Å²) in [6.45, 7) is 1.22. The molecule has 2 atom stereocenters. The summed E-state index contributed by atoms with van der Waals surface area (Å²) in [5.41, 5.74) is 1.21. The Morgan fingerprint density at radius 3 is 3.17 bits per heavy atom. The van der Waals surface area contributed by atoms with Crippen molar-refractivity contribution >= 4 is 11.8 Å². The van der Waals surface area contributed by atoms with Gasteiger partial charge in [0.1, 0.15) is 0 Å². The number of benzene rings is 1. The predicted molar refractivity (Wildman–Crippen MR) is 74.3 cm³/mol. The molecule has 0 bridgehead atoms. The average molecular weight is 265 g/mol. The summed E-state index contributed by atoms with van der Waals surface area (Å²) in [7, 11) is 0. The number of hydrogen-bond acceptors (Lipinski definition) is 4. The highest BCUT2D eigenvalue weighted by atomic mass is 32.2. The van der Waals surface area contributed by atoms with E-state index >= 15 is 0 Å². The Labute approximate surface area is 112 Å². The Balaban J connectivity index is 1.65. The van der Waals surface area contributed by atoms with Gasteiger partial charge in [0.15, 0.2) is 11.5 Å². The van der Waals surface area contributed by atoms with Gasteiger partial charge < -0.3 is 14.8 Å². The first-order valence-electron chi connectivity index (χ1n) is 6.52. The Bertz CT molecular complexity index is 424. The van der Waals surface area contributed by atoms with Gasteiger partial charge in [-0.1, -0.05) is 18.6 Å². The zero-order chi connectivity index (χ0) is 12.4. The minimum absolute atomic E-state index is 0.350. The van der Waals surface area contributed by atoms with Crippen LogP contribution in [0, 0.1) is 0 Å². The third-order valence-electron chi connectivity index (χ3n) is 3.79. The average Bonchev–Trinajstić information content (AvgIpc) is 3.04. The minimum atomic E-state index is 0.350. The van der Waals surface area contributed by atoms with E-state index in [0.717, 1.165) is 23.3 Å². The maximum atomic E-state index is 5.53. The van der Waals surface area contributed by atoms with Gasteiger partial charge in [-0.15, -0.1) is 0 Å². The van der Waals surface area contributed by atoms with E-state index in [1.54, 1.807) is 0 Å². The molecule has 0 spiro atoms. The number of hydrogen-bond donors (Lipinski definition) is 1. The van der Waals surface area contributed by atoms with Gasteiger partial charge in [0.05, 0.1) is 0 Å². The summed E-state index contributed by atoms with van der Waals surface area (Å²) in [6, 6.07) is 6.75. The highest BCUT2D eigenvalue weighted by molar-refractivity contribution is 7.99. The van der Waals surface area contributed by atoms with Crippen LogP contribution in [0.1, 0.15) is 24.8 Å². The first kappa shape index (κ1) is 12.2. The number of para-hydroxylation sites is 1. The van der Waals surface area contributed by atoms with E-state index in [9.17, 15) is 0 Å². The molecular formula is C14H19NO2S. The van der Waals surface area contributed by atoms with Crippen LogP contribution in [0.15, 0.2) is 18.2 Å². The van der Waals surface area contributed by atoms with Crippen LogP contribution < -0.4 is 14.8 Å². The Morgan fingerprint density at radius 1 is 1.33 bits per heavy atom. The number of fused-ring (bicyclic) bond motifs is 1. The van der Waals surface area contributed by atoms with Crippen molar-refractivity contribution in [3.8, 4) is 11.5 Å². The van der Waals surface area contributed by atoms with Crippen LogP contribution in [-0.4, -0.2) is 24.3 Å². The molecule has 0 amide bonds. The molecule has 3 nitrogen and oxygen atoms in total. The summed E-state index contributed by atoms with van der Waals surface area (Å²) in [5.74, 6) is 1.80. The van der Waals surface area contributed by atoms with Crippen LogP contribution >= 0.6 is 11.8 Å². The highest BCUT2D eigenvalue weighted by Gasteiger charge is 2.26. The fourth-order valence-corrected chi connectivity index (χ4v) is 3.78. The van der Waals surface area contributed by atoms with E-state index in [2.05, 4.69) is 17.6 Å². The fourth-order valence-electron chi connectivity index (χ4n) is 2.81. The van der Waals surface area contributed by atoms with Crippen molar-refractivity contribution in [3.63, 3.8) is 0 Å². The van der Waals surface area contributed by atoms with Crippen LogP contribution in [0.3, 0.4) is 0 Å². The van der Waals surface area contributed by atoms with Gasteiger partial charge in [-0.2, -0.15) is 11.8 Å². The summed E-state index contributed by atoms with van der Waals surface area (Å²) in [6.07, 6.45) is 6.18. The second kappa shape index (κ2) is 5.41.